The minimum Gasteiger partial charge on any atom is -0.480 e. The number of alkyl halides is 2. The number of nitro groups is 4. The third-order valence-electron chi connectivity index (χ3n) is 2.99. The molecule has 0 saturated heterocycles. The molecule has 140 valence electrons. The van der Waals surface area contributed by atoms with Crippen molar-refractivity contribution in [1.29, 1.82) is 0 Å². The van der Waals surface area contributed by atoms with Gasteiger partial charge in [-0.15, -0.1) is 0 Å². The highest BCUT2D eigenvalue weighted by atomic mass is 19.2. The van der Waals surface area contributed by atoms with Crippen LogP contribution >= 0.6 is 0 Å². The number of hydrogen-bond acceptors (Lipinski definition) is 10. The van der Waals surface area contributed by atoms with E-state index in [2.05, 4.69) is 0 Å². The molecule has 0 spiro atoms. The van der Waals surface area contributed by atoms with Crippen molar-refractivity contribution >= 4 is 11.9 Å². The van der Waals surface area contributed by atoms with Gasteiger partial charge in [0.15, 0.2) is 18.3 Å². The van der Waals surface area contributed by atoms with Crippen LogP contribution in [0, 0.1) is 45.9 Å². The zero-order valence-electron chi connectivity index (χ0n) is 11.4. The summed E-state index contributed by atoms with van der Waals surface area (Å²) >= 11 is 0. The number of hydrogen-bond donors (Lipinski definition) is 2. The van der Waals surface area contributed by atoms with Crippen LogP contribution in [0.25, 0.3) is 0 Å². The average molecular weight is 376 g/mol. The largest absolute Gasteiger partial charge is 0.615 e. The van der Waals surface area contributed by atoms with Gasteiger partial charge in [-0.25, -0.2) is 0 Å². The van der Waals surface area contributed by atoms with Crippen LogP contribution in [0.3, 0.4) is 0 Å². The molecule has 16 nitrogen and oxygen atoms in total. The van der Waals surface area contributed by atoms with E-state index in [1.807, 2.05) is 0 Å². The minimum atomic E-state index is -5.04. The lowest BCUT2D eigenvalue weighted by Crippen LogP contribution is -2.57. The van der Waals surface area contributed by atoms with Crippen molar-refractivity contribution in [1.82, 2.24) is 0 Å². The number of carboxylic acid groups (broad SMARTS) is 2. The first-order valence-corrected chi connectivity index (χ1v) is 5.50. The Balaban J connectivity index is 6.54. The van der Waals surface area contributed by atoms with Gasteiger partial charge in [0.1, 0.15) is 19.7 Å². The highest BCUT2D eigenvalue weighted by Crippen LogP contribution is 2.41. The number of carbonyl (C=O) groups is 2. The van der Waals surface area contributed by atoms with Crippen LogP contribution in [0.2, 0.25) is 0 Å². The molecule has 0 atom stereocenters. The van der Waals surface area contributed by atoms with Gasteiger partial charge in [-0.2, -0.15) is 0 Å². The Morgan fingerprint density at radius 3 is 1.04 bits per heavy atom. The molecule has 0 aromatic carbocycles. The molecular formula is C7H6F2N4O12. The predicted octanol–water partition coefficient (Wildman–Crippen LogP) is -0.724. The van der Waals surface area contributed by atoms with E-state index in [0.29, 0.717) is 0 Å². The van der Waals surface area contributed by atoms with Gasteiger partial charge < -0.3 is 10.2 Å². The van der Waals surface area contributed by atoms with E-state index >= 15 is 0 Å². The first-order chi connectivity index (χ1) is 11.1. The van der Waals surface area contributed by atoms with Gasteiger partial charge in [0.2, 0.25) is 0 Å². The van der Waals surface area contributed by atoms with Gasteiger partial charge in [0.25, 0.3) is 0 Å². The Kier molecular flexibility index (Phi) is 5.55. The second-order valence-corrected chi connectivity index (χ2v) is 4.51. The summed E-state index contributed by atoms with van der Waals surface area (Å²) in [5, 5.41) is 59.5. The molecule has 0 aromatic heterocycles. The zero-order valence-corrected chi connectivity index (χ0v) is 11.4. The summed E-state index contributed by atoms with van der Waals surface area (Å²) in [5.41, 5.74) is -4.29. The Morgan fingerprint density at radius 2 is 0.920 bits per heavy atom. The molecule has 0 aliphatic carbocycles. The summed E-state index contributed by atoms with van der Waals surface area (Å²) in [6.07, 6.45) is -5.53. The second kappa shape index (κ2) is 6.49. The highest BCUT2D eigenvalue weighted by molar-refractivity contribution is 5.98. The third-order valence-corrected chi connectivity index (χ3v) is 2.99. The zero-order chi connectivity index (χ0) is 20.4. The Bertz CT molecular complexity index is 580. The molecule has 2 N–H and O–H groups in total. The van der Waals surface area contributed by atoms with Crippen LogP contribution in [0.5, 0.6) is 0 Å². The molecule has 0 radical (unpaired) electrons. The molecule has 18 heteroatoms. The normalized spacial score (nSPS) is 12.2. The highest BCUT2D eigenvalue weighted by Gasteiger charge is 2.74. The van der Waals surface area contributed by atoms with Gasteiger partial charge in [0.05, 0.1) is 0 Å². The molecule has 25 heavy (non-hydrogen) atoms. The van der Waals surface area contributed by atoms with Crippen molar-refractivity contribution in [3.63, 3.8) is 0 Å². The maximum atomic E-state index is 13.8. The Morgan fingerprint density at radius 1 is 0.720 bits per heavy atom. The van der Waals surface area contributed by atoms with Crippen molar-refractivity contribution in [3.05, 3.63) is 40.5 Å². The number of nitrogens with zero attached hydrogens (tertiary/aromatic N) is 4. The van der Waals surface area contributed by atoms with Crippen LogP contribution in [0.15, 0.2) is 0 Å². The van der Waals surface area contributed by atoms with Crippen molar-refractivity contribution in [2.24, 2.45) is 5.41 Å². The average Bonchev–Trinajstić information content (AvgIpc) is 2.44. The van der Waals surface area contributed by atoms with Crippen molar-refractivity contribution in [2.75, 3.05) is 0 Å². The smallest absolute Gasteiger partial charge is 0.480 e. The molecule has 0 aliphatic heterocycles. The summed E-state index contributed by atoms with van der Waals surface area (Å²) in [4.78, 5) is 54.6. The maximum absolute atomic E-state index is 13.8. The lowest BCUT2D eigenvalue weighted by Gasteiger charge is -2.24. The fourth-order valence-electron chi connectivity index (χ4n) is 1.62. The molecule has 0 amide bonds. The summed E-state index contributed by atoms with van der Waals surface area (Å²) in [6, 6.07) is 0. The Labute approximate surface area is 132 Å². The van der Waals surface area contributed by atoms with E-state index < -0.39 is 61.7 Å². The summed E-state index contributed by atoms with van der Waals surface area (Å²) < 4.78 is 27.7. The number of rotatable bonds is 10. The van der Waals surface area contributed by atoms with E-state index in [4.69, 9.17) is 10.2 Å². The monoisotopic (exact) mass is 376 g/mol. The van der Waals surface area contributed by atoms with Crippen molar-refractivity contribution in [2.45, 2.75) is 24.7 Å². The summed E-state index contributed by atoms with van der Waals surface area (Å²) in [7, 11) is 0. The van der Waals surface area contributed by atoms with Crippen molar-refractivity contribution < 1.29 is 48.3 Å². The molecule has 0 aromatic rings. The SMILES string of the molecule is O=C(O)C(CC(F)([N+](=O)[O-])[N+](=O)[O-])(CC(F)([N+](=O)[O-])[N+](=O)[O-])C(=O)O. The van der Waals surface area contributed by atoms with Gasteiger partial charge in [-0.3, -0.25) is 50.0 Å². The molecule has 0 fully saturated rings. The second-order valence-electron chi connectivity index (χ2n) is 4.51. The lowest BCUT2D eigenvalue weighted by molar-refractivity contribution is -0.840. The molecular weight excluding hydrogens is 370 g/mol. The number of carboxylic acids is 2. The topological polar surface area (TPSA) is 247 Å². The fourth-order valence-corrected chi connectivity index (χ4v) is 1.62. The lowest BCUT2D eigenvalue weighted by atomic mass is 9.78. The van der Waals surface area contributed by atoms with Crippen LogP contribution in [-0.4, -0.2) is 53.7 Å². The van der Waals surface area contributed by atoms with Crippen LogP contribution in [-0.2, 0) is 9.59 Å². The first-order valence-electron chi connectivity index (χ1n) is 5.50. The van der Waals surface area contributed by atoms with Gasteiger partial charge >= 0.3 is 23.8 Å². The number of halogens is 2. The fraction of sp³-hybridized carbons (Fsp3) is 0.714. The van der Waals surface area contributed by atoms with Gasteiger partial charge in [0, 0.05) is 0 Å². The first kappa shape index (κ1) is 21.4. The molecule has 0 aliphatic rings. The van der Waals surface area contributed by atoms with E-state index in [1.54, 1.807) is 0 Å². The Hall–Kier alpha value is -3.60. The van der Waals surface area contributed by atoms with Gasteiger partial charge in [-0.05, 0) is 0 Å². The molecule has 0 heterocycles. The molecule has 0 unspecified atom stereocenters. The summed E-state index contributed by atoms with van der Waals surface area (Å²) in [5.74, 6) is -15.9. The predicted molar refractivity (Wildman–Crippen MR) is 62.6 cm³/mol. The third kappa shape index (κ3) is 3.50. The van der Waals surface area contributed by atoms with Gasteiger partial charge in [-0.1, -0.05) is 8.78 Å². The van der Waals surface area contributed by atoms with Crippen molar-refractivity contribution in [3.8, 4) is 0 Å². The standard InChI is InChI=1S/C7H6F2N4O12/c8-6(10(18)19,11(20)21)1-5(3(14)15,4(16)17)2-7(9,12(22)23)13(24)25/h1-2H2,(H,14,15)(H,16,17). The number of aliphatic carboxylic acids is 2. The molecule has 0 rings (SSSR count). The van der Waals surface area contributed by atoms with E-state index in [-0.39, 0.29) is 0 Å². The van der Waals surface area contributed by atoms with Crippen LogP contribution < -0.4 is 0 Å². The minimum absolute atomic E-state index is 2.37. The quantitative estimate of drug-likeness (QED) is 0.157. The van der Waals surface area contributed by atoms with Crippen LogP contribution in [0.1, 0.15) is 12.8 Å². The summed E-state index contributed by atoms with van der Waals surface area (Å²) in [6.45, 7) is 0. The van der Waals surface area contributed by atoms with E-state index in [1.165, 1.54) is 0 Å². The van der Waals surface area contributed by atoms with E-state index in [0.717, 1.165) is 0 Å². The van der Waals surface area contributed by atoms with E-state index in [9.17, 15) is 58.8 Å². The maximum Gasteiger partial charge on any atom is 0.615 e. The van der Waals surface area contributed by atoms with Crippen LogP contribution in [0.4, 0.5) is 8.78 Å². The molecule has 0 bridgehead atoms. The molecule has 0 saturated carbocycles.